The standard InChI is InChI=1S/C29H35N3O2/c1-20-11-13-21(14-12-20)28-27-23(17-29(2,3)18-25(27)33)30-22-9-5-6-10-24(22)32(28)26(34)19-31-15-7-4-8-16-31/h5-6,9-14,28,30H,4,7-8,15-19H2,1-3H3/t28-/m1/s1. The number of amides is 1. The van der Waals surface area contributed by atoms with Crippen LogP contribution >= 0.6 is 0 Å². The number of fused-ring (bicyclic) bond motifs is 1. The molecule has 2 heterocycles. The van der Waals surface area contributed by atoms with Gasteiger partial charge in [0.15, 0.2) is 5.78 Å². The summed E-state index contributed by atoms with van der Waals surface area (Å²) in [6.07, 6.45) is 4.76. The Labute approximate surface area is 202 Å². The lowest BCUT2D eigenvalue weighted by Gasteiger charge is -2.38. The number of rotatable bonds is 3. The number of piperidine rings is 1. The zero-order valence-electron chi connectivity index (χ0n) is 20.6. The minimum Gasteiger partial charge on any atom is -0.357 e. The molecular weight excluding hydrogens is 422 g/mol. The largest absolute Gasteiger partial charge is 0.357 e. The van der Waals surface area contributed by atoms with Crippen LogP contribution in [0.25, 0.3) is 0 Å². The van der Waals surface area contributed by atoms with E-state index in [1.807, 2.05) is 29.2 Å². The van der Waals surface area contributed by atoms with E-state index in [2.05, 4.69) is 55.3 Å². The molecular formula is C29H35N3O2. The highest BCUT2D eigenvalue weighted by Crippen LogP contribution is 2.48. The van der Waals surface area contributed by atoms with Crippen molar-refractivity contribution in [3.8, 4) is 0 Å². The molecule has 1 amide bonds. The lowest BCUT2D eigenvalue weighted by atomic mass is 9.73. The fourth-order valence-electron chi connectivity index (χ4n) is 5.71. The maximum absolute atomic E-state index is 14.1. The minimum atomic E-state index is -0.437. The van der Waals surface area contributed by atoms with Crippen molar-refractivity contribution in [2.45, 2.75) is 58.9 Å². The molecule has 5 rings (SSSR count). The fraction of sp³-hybridized carbons (Fsp3) is 0.448. The second kappa shape index (κ2) is 9.03. The summed E-state index contributed by atoms with van der Waals surface area (Å²) in [6, 6.07) is 15.9. The first kappa shape index (κ1) is 22.9. The zero-order chi connectivity index (χ0) is 23.9. The number of nitrogens with zero attached hydrogens (tertiary/aromatic N) is 2. The summed E-state index contributed by atoms with van der Waals surface area (Å²) in [5.74, 6) is 0.181. The van der Waals surface area contributed by atoms with Crippen molar-refractivity contribution in [3.05, 3.63) is 70.9 Å². The Balaban J connectivity index is 1.67. The molecule has 0 bridgehead atoms. The van der Waals surface area contributed by atoms with Crippen LogP contribution in [0.4, 0.5) is 11.4 Å². The van der Waals surface area contributed by atoms with Gasteiger partial charge in [-0.15, -0.1) is 0 Å². The van der Waals surface area contributed by atoms with Gasteiger partial charge in [-0.05, 0) is 62.4 Å². The van der Waals surface area contributed by atoms with E-state index in [1.54, 1.807) is 0 Å². The van der Waals surface area contributed by atoms with Crippen molar-refractivity contribution in [3.63, 3.8) is 0 Å². The molecule has 0 aromatic heterocycles. The molecule has 2 aliphatic heterocycles. The maximum Gasteiger partial charge on any atom is 0.242 e. The van der Waals surface area contributed by atoms with Crippen LogP contribution in [0.2, 0.25) is 0 Å². The fourth-order valence-corrected chi connectivity index (χ4v) is 5.71. The summed E-state index contributed by atoms with van der Waals surface area (Å²) in [7, 11) is 0. The van der Waals surface area contributed by atoms with Gasteiger partial charge in [0.25, 0.3) is 0 Å². The third-order valence-electron chi connectivity index (χ3n) is 7.37. The number of anilines is 2. The van der Waals surface area contributed by atoms with E-state index in [0.717, 1.165) is 66.1 Å². The van der Waals surface area contributed by atoms with Gasteiger partial charge in [-0.1, -0.05) is 62.2 Å². The van der Waals surface area contributed by atoms with E-state index < -0.39 is 6.04 Å². The molecule has 5 nitrogen and oxygen atoms in total. The Morgan fingerprint density at radius 1 is 1.00 bits per heavy atom. The van der Waals surface area contributed by atoms with Crippen molar-refractivity contribution >= 4 is 23.1 Å². The third kappa shape index (κ3) is 4.41. The van der Waals surface area contributed by atoms with Gasteiger partial charge < -0.3 is 5.32 Å². The number of hydrogen-bond acceptors (Lipinski definition) is 4. The predicted octanol–water partition coefficient (Wildman–Crippen LogP) is 5.62. The van der Waals surface area contributed by atoms with Crippen LogP contribution in [0.3, 0.4) is 0 Å². The van der Waals surface area contributed by atoms with Crippen LogP contribution < -0.4 is 10.2 Å². The zero-order valence-corrected chi connectivity index (χ0v) is 20.6. The van der Waals surface area contributed by atoms with Gasteiger partial charge in [-0.25, -0.2) is 0 Å². The van der Waals surface area contributed by atoms with Crippen LogP contribution in [-0.4, -0.2) is 36.2 Å². The Morgan fingerprint density at radius 2 is 1.71 bits per heavy atom. The van der Waals surface area contributed by atoms with Crippen LogP contribution in [0.5, 0.6) is 0 Å². The monoisotopic (exact) mass is 457 g/mol. The average Bonchev–Trinajstić information content (AvgIpc) is 2.94. The van der Waals surface area contributed by atoms with Gasteiger partial charge in [0.2, 0.25) is 5.91 Å². The summed E-state index contributed by atoms with van der Waals surface area (Å²) in [4.78, 5) is 31.9. The number of benzene rings is 2. The van der Waals surface area contributed by atoms with Crippen molar-refractivity contribution in [2.75, 3.05) is 29.9 Å². The van der Waals surface area contributed by atoms with Crippen molar-refractivity contribution in [1.82, 2.24) is 4.90 Å². The Morgan fingerprint density at radius 3 is 2.44 bits per heavy atom. The Bertz CT molecular complexity index is 1130. The Hall–Kier alpha value is -2.92. The normalized spacial score (nSPS) is 22.5. The van der Waals surface area contributed by atoms with Crippen molar-refractivity contribution in [1.29, 1.82) is 0 Å². The number of hydrogen-bond donors (Lipinski definition) is 1. The maximum atomic E-state index is 14.1. The molecule has 1 saturated heterocycles. The molecule has 1 N–H and O–H groups in total. The quantitative estimate of drug-likeness (QED) is 0.650. The first-order chi connectivity index (χ1) is 16.3. The Kier molecular flexibility index (Phi) is 6.07. The van der Waals surface area contributed by atoms with Gasteiger partial charge in [0.1, 0.15) is 0 Å². The molecule has 0 unspecified atom stereocenters. The molecule has 178 valence electrons. The second-order valence-corrected chi connectivity index (χ2v) is 10.9. The van der Waals surface area contributed by atoms with Crippen molar-refractivity contribution in [2.24, 2.45) is 5.41 Å². The van der Waals surface area contributed by atoms with Gasteiger partial charge in [-0.2, -0.15) is 0 Å². The molecule has 34 heavy (non-hydrogen) atoms. The number of nitrogens with one attached hydrogen (secondary N) is 1. The number of aryl methyl sites for hydroxylation is 1. The van der Waals surface area contributed by atoms with Crippen molar-refractivity contribution < 1.29 is 9.59 Å². The molecule has 0 radical (unpaired) electrons. The summed E-state index contributed by atoms with van der Waals surface area (Å²) in [5.41, 5.74) is 5.45. The highest BCUT2D eigenvalue weighted by Gasteiger charge is 2.43. The third-order valence-corrected chi connectivity index (χ3v) is 7.37. The molecule has 2 aromatic carbocycles. The molecule has 5 heteroatoms. The second-order valence-electron chi connectivity index (χ2n) is 10.9. The van der Waals surface area contributed by atoms with Gasteiger partial charge in [0.05, 0.1) is 24.0 Å². The highest BCUT2D eigenvalue weighted by atomic mass is 16.2. The lowest BCUT2D eigenvalue weighted by Crippen LogP contribution is -2.45. The number of carbonyl (C=O) groups excluding carboxylic acids is 2. The SMILES string of the molecule is Cc1ccc([C@@H]2C3=C(CC(C)(C)CC3=O)Nc3ccccc3N2C(=O)CN2CCCCC2)cc1. The first-order valence-electron chi connectivity index (χ1n) is 12.6. The number of ketones is 1. The van der Waals surface area contributed by atoms with E-state index in [4.69, 9.17) is 0 Å². The number of likely N-dealkylation sites (tertiary alicyclic amines) is 1. The number of para-hydroxylation sites is 2. The number of carbonyl (C=O) groups is 2. The minimum absolute atomic E-state index is 0.0492. The smallest absolute Gasteiger partial charge is 0.242 e. The molecule has 1 fully saturated rings. The topological polar surface area (TPSA) is 52.7 Å². The lowest BCUT2D eigenvalue weighted by molar-refractivity contribution is -0.120. The average molecular weight is 458 g/mol. The van der Waals surface area contributed by atoms with Crippen LogP contribution in [0.1, 0.15) is 63.1 Å². The molecule has 0 saturated carbocycles. The van der Waals surface area contributed by atoms with Gasteiger partial charge in [0, 0.05) is 17.7 Å². The van der Waals surface area contributed by atoms with E-state index in [-0.39, 0.29) is 17.1 Å². The van der Waals surface area contributed by atoms with Crippen LogP contribution in [0.15, 0.2) is 59.8 Å². The molecule has 2 aromatic rings. The van der Waals surface area contributed by atoms with E-state index in [9.17, 15) is 9.59 Å². The predicted molar refractivity (Wildman–Crippen MR) is 137 cm³/mol. The molecule has 3 aliphatic rings. The molecule has 0 spiro atoms. The summed E-state index contributed by atoms with van der Waals surface area (Å²) >= 11 is 0. The summed E-state index contributed by atoms with van der Waals surface area (Å²) in [6.45, 7) is 8.64. The number of allylic oxidation sites excluding steroid dienone is 1. The van der Waals surface area contributed by atoms with Gasteiger partial charge in [-0.3, -0.25) is 19.4 Å². The molecule has 1 aliphatic carbocycles. The number of Topliss-reactive ketones (excluding diaryl/α,β-unsaturated/α-hetero) is 1. The van der Waals surface area contributed by atoms with Crippen LogP contribution in [0, 0.1) is 12.3 Å². The van der Waals surface area contributed by atoms with E-state index in [1.165, 1.54) is 6.42 Å². The van der Waals surface area contributed by atoms with E-state index in [0.29, 0.717) is 13.0 Å². The van der Waals surface area contributed by atoms with Crippen LogP contribution in [-0.2, 0) is 9.59 Å². The summed E-state index contributed by atoms with van der Waals surface area (Å²) in [5, 5.41) is 3.60. The van der Waals surface area contributed by atoms with Gasteiger partial charge >= 0.3 is 0 Å². The van der Waals surface area contributed by atoms with E-state index >= 15 is 0 Å². The first-order valence-corrected chi connectivity index (χ1v) is 12.6. The molecule has 1 atom stereocenters. The summed E-state index contributed by atoms with van der Waals surface area (Å²) < 4.78 is 0. The highest BCUT2D eigenvalue weighted by molar-refractivity contribution is 6.06.